The van der Waals surface area contributed by atoms with Crippen LogP contribution in [0, 0.1) is 36.3 Å². The van der Waals surface area contributed by atoms with Crippen LogP contribution in [0.15, 0.2) is 24.3 Å². The van der Waals surface area contributed by atoms with Crippen molar-refractivity contribution in [1.82, 2.24) is 19.9 Å². The first kappa shape index (κ1) is 38.9. The number of ether oxygens (including phenoxy) is 2. The maximum atomic E-state index is 14.2. The summed E-state index contributed by atoms with van der Waals surface area (Å²) in [5.41, 5.74) is 6.32. The van der Waals surface area contributed by atoms with Crippen molar-refractivity contribution in [3.8, 4) is 5.75 Å². The maximum absolute atomic E-state index is 14.2. The maximum Gasteiger partial charge on any atom is 0.407 e. The predicted octanol–water partition coefficient (Wildman–Crippen LogP) is 4.62. The van der Waals surface area contributed by atoms with Crippen LogP contribution in [-0.2, 0) is 35.6 Å². The van der Waals surface area contributed by atoms with Crippen molar-refractivity contribution in [1.29, 1.82) is 0 Å². The van der Waals surface area contributed by atoms with Crippen molar-refractivity contribution in [2.24, 2.45) is 23.5 Å². The van der Waals surface area contributed by atoms with Gasteiger partial charge in [-0.3, -0.25) is 19.1 Å². The van der Waals surface area contributed by atoms with E-state index in [0.29, 0.717) is 72.4 Å². The molecule has 1 aromatic heterocycles. The van der Waals surface area contributed by atoms with Crippen LogP contribution in [0.2, 0.25) is 0 Å². The molecule has 1 saturated heterocycles. The molecule has 4 N–H and O–H groups in total. The van der Waals surface area contributed by atoms with Gasteiger partial charge in [0.2, 0.25) is 27.7 Å². The van der Waals surface area contributed by atoms with Crippen molar-refractivity contribution in [3.05, 3.63) is 47.2 Å². The first-order chi connectivity index (χ1) is 26.1. The number of benzene rings is 1. The van der Waals surface area contributed by atoms with E-state index in [2.05, 4.69) is 15.0 Å². The number of nitrogens with two attached hydrogens (primary N) is 1. The van der Waals surface area contributed by atoms with Crippen LogP contribution < -0.4 is 20.5 Å². The molecule has 2 aromatic rings. The van der Waals surface area contributed by atoms with E-state index in [9.17, 15) is 36.4 Å². The van der Waals surface area contributed by atoms with Crippen LogP contribution in [0.25, 0.3) is 10.9 Å². The lowest BCUT2D eigenvalue weighted by atomic mass is 9.87. The Morgan fingerprint density at radius 1 is 1.13 bits per heavy atom. The average molecular weight is 786 g/mol. The summed E-state index contributed by atoms with van der Waals surface area (Å²) in [5.74, 6) is -3.22. The Morgan fingerprint density at radius 2 is 1.87 bits per heavy atom. The van der Waals surface area contributed by atoms with Gasteiger partial charge in [-0.15, -0.1) is 0 Å². The Labute approximate surface area is 319 Å². The number of allylic oxidation sites excluding steroid dienone is 2. The minimum absolute atomic E-state index is 0.00531. The SMILES string of the molecule is Cc1nc2cc(F)c(F)cc2c2c1O[C@]1(CC2)C[C@@H](C(N)=O)N(C(=O)[C@H](CCCCC/C=C\[C@@H]2C[C@@H]2C(=O)NS(=O)(=O)C2(C)CC2)NC(=O)OCC2CC2)C1. The fraction of sp³-hybridized carbons (Fsp3) is 0.615. The van der Waals surface area contributed by atoms with Crippen LogP contribution in [0.4, 0.5) is 13.6 Å². The van der Waals surface area contributed by atoms with E-state index in [0.717, 1.165) is 44.2 Å². The summed E-state index contributed by atoms with van der Waals surface area (Å²) in [6, 6.07) is 0.177. The molecular weight excluding hydrogens is 737 g/mol. The number of unbranched alkanes of at least 4 members (excludes halogenated alkanes) is 3. The summed E-state index contributed by atoms with van der Waals surface area (Å²) in [7, 11) is -3.65. The molecule has 3 aliphatic carbocycles. The van der Waals surface area contributed by atoms with Gasteiger partial charge >= 0.3 is 6.09 Å². The largest absolute Gasteiger partial charge is 0.483 e. The predicted molar refractivity (Wildman–Crippen MR) is 197 cm³/mol. The van der Waals surface area contributed by atoms with Gasteiger partial charge in [-0.2, -0.15) is 0 Å². The van der Waals surface area contributed by atoms with E-state index in [1.54, 1.807) is 13.8 Å². The number of nitrogens with zero attached hydrogens (tertiary/aromatic N) is 2. The van der Waals surface area contributed by atoms with Crippen LogP contribution in [0.3, 0.4) is 0 Å². The zero-order valence-electron chi connectivity index (χ0n) is 31.2. The molecule has 5 atom stereocenters. The van der Waals surface area contributed by atoms with Gasteiger partial charge in [0.15, 0.2) is 11.6 Å². The molecule has 4 amide bonds. The molecule has 1 spiro atoms. The smallest absolute Gasteiger partial charge is 0.407 e. The molecule has 0 unspecified atom stereocenters. The highest BCUT2D eigenvalue weighted by molar-refractivity contribution is 7.91. The number of primary amides is 1. The number of likely N-dealkylation sites (tertiary alicyclic amines) is 1. The number of amides is 4. The molecule has 1 aromatic carbocycles. The second-order valence-electron chi connectivity index (χ2n) is 16.4. The number of sulfonamides is 1. The standard InChI is InChI=1S/C39H49F2N5O8S/c1-22-33-25(27-17-28(40)29(41)18-31(27)43-22)12-13-39(54-33)19-32(34(42)47)46(21-39)36(49)30(44-37(50)53-20-23-10-11-23)9-7-5-3-4-6-8-24-16-26(24)35(48)45-55(51,52)38(2)14-15-38/h6,8,17-18,23-24,26,30,32H,3-5,7,9-16,19-21H2,1-2H3,(H2,42,47)(H,44,50)(H,45,48)/b8-6-/t24-,26+,30+,32+,39-/m1/s1. The lowest BCUT2D eigenvalue weighted by Gasteiger charge is -2.36. The van der Waals surface area contributed by atoms with Crippen LogP contribution in [0.5, 0.6) is 5.75 Å². The highest BCUT2D eigenvalue weighted by Crippen LogP contribution is 2.46. The van der Waals surface area contributed by atoms with Gasteiger partial charge in [0, 0.05) is 29.4 Å². The fourth-order valence-electron chi connectivity index (χ4n) is 7.82. The third kappa shape index (κ3) is 8.43. The second kappa shape index (κ2) is 15.0. The number of hydrogen-bond acceptors (Lipinski definition) is 9. The highest BCUT2D eigenvalue weighted by atomic mass is 32.2. The van der Waals surface area contributed by atoms with Gasteiger partial charge in [-0.25, -0.2) is 27.0 Å². The number of aromatic nitrogens is 1. The number of halogens is 2. The molecule has 2 aliphatic heterocycles. The quantitative estimate of drug-likeness (QED) is 0.171. The lowest BCUT2D eigenvalue weighted by Crippen LogP contribution is -2.53. The van der Waals surface area contributed by atoms with E-state index < -0.39 is 67.9 Å². The monoisotopic (exact) mass is 785 g/mol. The van der Waals surface area contributed by atoms with Crippen molar-refractivity contribution in [2.75, 3.05) is 13.2 Å². The molecule has 7 rings (SSSR count). The van der Waals surface area contributed by atoms with Crippen molar-refractivity contribution in [3.63, 3.8) is 0 Å². The summed E-state index contributed by atoms with van der Waals surface area (Å²) in [6.45, 7) is 3.64. The Bertz CT molecular complexity index is 2040. The molecule has 4 fully saturated rings. The second-order valence-corrected chi connectivity index (χ2v) is 18.6. The molecule has 0 radical (unpaired) electrons. The molecule has 5 aliphatic rings. The number of pyridine rings is 1. The van der Waals surface area contributed by atoms with Gasteiger partial charge in [-0.05, 0) is 96.0 Å². The molecule has 3 heterocycles. The molecule has 13 nitrogen and oxygen atoms in total. The number of alkyl carbamates (subject to hydrolysis) is 1. The Balaban J connectivity index is 0.960. The molecule has 298 valence electrons. The first-order valence-corrected chi connectivity index (χ1v) is 20.8. The van der Waals surface area contributed by atoms with Crippen molar-refractivity contribution >= 4 is 44.7 Å². The van der Waals surface area contributed by atoms with E-state index in [1.807, 2.05) is 12.2 Å². The Kier molecular flexibility index (Phi) is 10.6. The summed E-state index contributed by atoms with van der Waals surface area (Å²) >= 11 is 0. The normalized spacial score (nSPS) is 25.7. The zero-order valence-corrected chi connectivity index (χ0v) is 32.0. The lowest BCUT2D eigenvalue weighted by molar-refractivity contribution is -0.139. The third-order valence-corrected chi connectivity index (χ3v) is 14.1. The van der Waals surface area contributed by atoms with Crippen LogP contribution >= 0.6 is 0 Å². The summed E-state index contributed by atoms with van der Waals surface area (Å²) in [5, 5.41) is 3.17. The number of carbonyl (C=O) groups excluding carboxylic acids is 4. The number of hydrogen-bond donors (Lipinski definition) is 3. The van der Waals surface area contributed by atoms with Gasteiger partial charge in [0.25, 0.3) is 0 Å². The van der Waals surface area contributed by atoms with E-state index in [4.69, 9.17) is 15.2 Å². The highest BCUT2D eigenvalue weighted by Gasteiger charge is 2.54. The number of fused-ring (bicyclic) bond motifs is 3. The van der Waals surface area contributed by atoms with Crippen LogP contribution in [0.1, 0.15) is 95.2 Å². The Morgan fingerprint density at radius 3 is 2.58 bits per heavy atom. The zero-order chi connectivity index (χ0) is 39.3. The van der Waals surface area contributed by atoms with Gasteiger partial charge in [0.05, 0.1) is 29.1 Å². The van der Waals surface area contributed by atoms with Crippen molar-refractivity contribution in [2.45, 2.75) is 120 Å². The molecule has 55 heavy (non-hydrogen) atoms. The topological polar surface area (TPSA) is 187 Å². The third-order valence-electron chi connectivity index (χ3n) is 11.9. The van der Waals surface area contributed by atoms with Gasteiger partial charge in [0.1, 0.15) is 23.4 Å². The van der Waals surface area contributed by atoms with Crippen LogP contribution in [-0.4, -0.2) is 77.7 Å². The minimum atomic E-state index is -3.65. The van der Waals surface area contributed by atoms with Gasteiger partial charge < -0.3 is 25.4 Å². The minimum Gasteiger partial charge on any atom is -0.483 e. The molecular formula is C39H49F2N5O8S. The fourth-order valence-corrected chi connectivity index (χ4v) is 9.12. The van der Waals surface area contributed by atoms with Crippen molar-refractivity contribution < 1.29 is 45.9 Å². The number of aryl methyl sites for hydroxylation is 2. The molecule has 16 heteroatoms. The summed E-state index contributed by atoms with van der Waals surface area (Å²) < 4.78 is 66.4. The number of rotatable bonds is 15. The Hall–Kier alpha value is -4.34. The first-order valence-electron chi connectivity index (χ1n) is 19.3. The summed E-state index contributed by atoms with van der Waals surface area (Å²) in [4.78, 5) is 58.2. The number of nitrogens with one attached hydrogen (secondary N) is 2. The van der Waals surface area contributed by atoms with E-state index in [-0.39, 0.29) is 37.8 Å². The van der Waals surface area contributed by atoms with E-state index >= 15 is 0 Å². The van der Waals surface area contributed by atoms with E-state index in [1.165, 1.54) is 4.90 Å². The molecule has 0 bridgehead atoms. The summed E-state index contributed by atoms with van der Waals surface area (Å²) in [6.07, 6.45) is 10.9. The van der Waals surface area contributed by atoms with Gasteiger partial charge in [-0.1, -0.05) is 25.0 Å². The number of carbonyl (C=O) groups is 4. The average Bonchev–Trinajstić information content (AvgIpc) is 4.04. The molecule has 3 saturated carbocycles.